The van der Waals surface area contributed by atoms with Crippen LogP contribution < -0.4 is 9.47 Å². The van der Waals surface area contributed by atoms with E-state index in [-0.39, 0.29) is 0 Å². The van der Waals surface area contributed by atoms with Crippen molar-refractivity contribution in [3.05, 3.63) is 72.4 Å². The molecular weight excluding hydrogens is 384 g/mol. The Morgan fingerprint density at radius 2 is 1.81 bits per heavy atom. The zero-order valence-electron chi connectivity index (χ0n) is 18.1. The first-order chi connectivity index (χ1) is 15.3. The highest BCUT2D eigenvalue weighted by Crippen LogP contribution is 2.31. The smallest absolute Gasteiger partial charge is 0.128 e. The quantitative estimate of drug-likeness (QED) is 0.378. The van der Waals surface area contributed by atoms with Crippen LogP contribution in [0, 0.1) is 0 Å². The van der Waals surface area contributed by atoms with Gasteiger partial charge in [0.15, 0.2) is 0 Å². The molecule has 0 bridgehead atoms. The molecule has 1 aromatic heterocycles. The van der Waals surface area contributed by atoms with E-state index >= 15 is 0 Å². The third-order valence-corrected chi connectivity index (χ3v) is 6.56. The number of aromatic nitrogens is 1. The summed E-state index contributed by atoms with van der Waals surface area (Å²) in [4.78, 5) is 5.83. The minimum absolute atomic E-state index is 0.658. The summed E-state index contributed by atoms with van der Waals surface area (Å²) in [5.41, 5.74) is 2.60. The second-order valence-corrected chi connectivity index (χ2v) is 8.49. The lowest BCUT2D eigenvalue weighted by Gasteiger charge is -2.32. The number of ether oxygens (including phenoxy) is 2. The van der Waals surface area contributed by atoms with E-state index in [0.29, 0.717) is 5.92 Å². The molecule has 0 aliphatic carbocycles. The summed E-state index contributed by atoms with van der Waals surface area (Å²) >= 11 is 0. The monoisotopic (exact) mass is 414 g/mol. The Hall–Kier alpha value is -2.98. The van der Waals surface area contributed by atoms with E-state index in [0.717, 1.165) is 42.0 Å². The van der Waals surface area contributed by atoms with Gasteiger partial charge in [-0.05, 0) is 84.9 Å². The second kappa shape index (κ2) is 9.03. The van der Waals surface area contributed by atoms with Crippen LogP contribution in [0.1, 0.15) is 30.7 Å². The largest absolute Gasteiger partial charge is 0.497 e. The SMILES string of the molecule is COc1ccc2cc(C3CCN(CCCOc4cccc5[nH]ccc45)CC3)ccc2c1. The number of methoxy groups -OCH3 is 1. The number of benzene rings is 3. The molecule has 0 atom stereocenters. The highest BCUT2D eigenvalue weighted by Gasteiger charge is 2.20. The summed E-state index contributed by atoms with van der Waals surface area (Å²) in [6.07, 6.45) is 5.48. The molecule has 4 nitrogen and oxygen atoms in total. The van der Waals surface area contributed by atoms with E-state index in [1.54, 1.807) is 7.11 Å². The van der Waals surface area contributed by atoms with Crippen LogP contribution in [0.2, 0.25) is 0 Å². The zero-order chi connectivity index (χ0) is 21.0. The van der Waals surface area contributed by atoms with Crippen LogP contribution in [0.15, 0.2) is 66.9 Å². The summed E-state index contributed by atoms with van der Waals surface area (Å²) < 4.78 is 11.4. The Balaban J connectivity index is 1.10. The Labute approximate surface area is 183 Å². The van der Waals surface area contributed by atoms with Crippen LogP contribution in [0.3, 0.4) is 0 Å². The van der Waals surface area contributed by atoms with E-state index in [9.17, 15) is 0 Å². The number of aromatic amines is 1. The van der Waals surface area contributed by atoms with E-state index in [2.05, 4.69) is 58.4 Å². The maximum atomic E-state index is 6.06. The molecule has 31 heavy (non-hydrogen) atoms. The van der Waals surface area contributed by atoms with Gasteiger partial charge in [0.25, 0.3) is 0 Å². The van der Waals surface area contributed by atoms with Gasteiger partial charge < -0.3 is 19.4 Å². The van der Waals surface area contributed by atoms with Gasteiger partial charge in [0.2, 0.25) is 0 Å². The third-order valence-electron chi connectivity index (χ3n) is 6.56. The topological polar surface area (TPSA) is 37.5 Å². The fourth-order valence-corrected chi connectivity index (χ4v) is 4.77. The summed E-state index contributed by atoms with van der Waals surface area (Å²) in [6, 6.07) is 21.5. The van der Waals surface area contributed by atoms with E-state index in [1.165, 1.54) is 42.3 Å². The molecule has 160 valence electrons. The Kier molecular flexibility index (Phi) is 5.81. The minimum Gasteiger partial charge on any atom is -0.497 e. The molecule has 3 aromatic carbocycles. The molecule has 0 unspecified atom stereocenters. The van der Waals surface area contributed by atoms with Crippen molar-refractivity contribution in [2.45, 2.75) is 25.2 Å². The van der Waals surface area contributed by atoms with Crippen molar-refractivity contribution in [1.82, 2.24) is 9.88 Å². The Morgan fingerprint density at radius 3 is 2.68 bits per heavy atom. The van der Waals surface area contributed by atoms with Crippen LogP contribution in [0.25, 0.3) is 21.7 Å². The molecule has 1 saturated heterocycles. The summed E-state index contributed by atoms with van der Waals surface area (Å²) in [7, 11) is 1.72. The van der Waals surface area contributed by atoms with Crippen LogP contribution in [0.4, 0.5) is 0 Å². The van der Waals surface area contributed by atoms with Crippen LogP contribution in [-0.4, -0.2) is 43.2 Å². The molecule has 0 spiro atoms. The lowest BCUT2D eigenvalue weighted by Crippen LogP contribution is -2.34. The van der Waals surface area contributed by atoms with E-state index < -0.39 is 0 Å². The number of hydrogen-bond acceptors (Lipinski definition) is 3. The molecule has 0 saturated carbocycles. The lowest BCUT2D eigenvalue weighted by molar-refractivity contribution is 0.193. The van der Waals surface area contributed by atoms with Gasteiger partial charge in [-0.1, -0.05) is 30.3 Å². The minimum atomic E-state index is 0.658. The molecule has 2 heterocycles. The maximum Gasteiger partial charge on any atom is 0.128 e. The molecule has 0 amide bonds. The molecule has 1 aliphatic heterocycles. The third kappa shape index (κ3) is 4.40. The van der Waals surface area contributed by atoms with Crippen molar-refractivity contribution in [1.29, 1.82) is 0 Å². The van der Waals surface area contributed by atoms with Crippen LogP contribution in [-0.2, 0) is 0 Å². The van der Waals surface area contributed by atoms with Gasteiger partial charge in [-0.15, -0.1) is 0 Å². The normalized spacial score (nSPS) is 15.5. The zero-order valence-corrected chi connectivity index (χ0v) is 18.1. The van der Waals surface area contributed by atoms with Crippen molar-refractivity contribution < 1.29 is 9.47 Å². The van der Waals surface area contributed by atoms with Crippen LogP contribution in [0.5, 0.6) is 11.5 Å². The first kappa shape index (κ1) is 20.0. The summed E-state index contributed by atoms with van der Waals surface area (Å²) in [5, 5.41) is 3.71. The van der Waals surface area contributed by atoms with Gasteiger partial charge in [-0.2, -0.15) is 0 Å². The molecule has 0 radical (unpaired) electrons. The number of piperidine rings is 1. The molecule has 4 heteroatoms. The van der Waals surface area contributed by atoms with Gasteiger partial charge in [0.05, 0.1) is 13.7 Å². The van der Waals surface area contributed by atoms with Crippen molar-refractivity contribution in [2.75, 3.05) is 33.4 Å². The molecule has 5 rings (SSSR count). The van der Waals surface area contributed by atoms with Crippen molar-refractivity contribution in [2.24, 2.45) is 0 Å². The molecule has 1 aliphatic rings. The number of nitrogens with zero attached hydrogens (tertiary/aromatic N) is 1. The number of fused-ring (bicyclic) bond motifs is 2. The second-order valence-electron chi connectivity index (χ2n) is 8.49. The van der Waals surface area contributed by atoms with Gasteiger partial charge in [-0.3, -0.25) is 0 Å². The van der Waals surface area contributed by atoms with Crippen molar-refractivity contribution in [3.63, 3.8) is 0 Å². The molecule has 4 aromatic rings. The lowest BCUT2D eigenvalue weighted by atomic mass is 9.88. The first-order valence-electron chi connectivity index (χ1n) is 11.3. The number of hydrogen-bond donors (Lipinski definition) is 1. The van der Waals surface area contributed by atoms with Gasteiger partial charge >= 0.3 is 0 Å². The van der Waals surface area contributed by atoms with Gasteiger partial charge in [0.1, 0.15) is 11.5 Å². The van der Waals surface area contributed by atoms with Crippen LogP contribution >= 0.6 is 0 Å². The van der Waals surface area contributed by atoms with E-state index in [1.807, 2.05) is 18.3 Å². The predicted octanol–water partition coefficient (Wildman–Crippen LogP) is 5.98. The number of rotatable bonds is 7. The highest BCUT2D eigenvalue weighted by atomic mass is 16.5. The predicted molar refractivity (Wildman–Crippen MR) is 127 cm³/mol. The average molecular weight is 415 g/mol. The van der Waals surface area contributed by atoms with Gasteiger partial charge in [0, 0.05) is 23.6 Å². The van der Waals surface area contributed by atoms with Gasteiger partial charge in [-0.25, -0.2) is 0 Å². The maximum absolute atomic E-state index is 6.06. The fraction of sp³-hybridized carbons (Fsp3) is 0.333. The Morgan fingerprint density at radius 1 is 0.968 bits per heavy atom. The average Bonchev–Trinajstić information content (AvgIpc) is 3.31. The molecule has 1 N–H and O–H groups in total. The van der Waals surface area contributed by atoms with Crippen molar-refractivity contribution >= 4 is 21.7 Å². The Bertz CT molecular complexity index is 1160. The number of nitrogens with one attached hydrogen (secondary N) is 1. The highest BCUT2D eigenvalue weighted by molar-refractivity contribution is 5.86. The van der Waals surface area contributed by atoms with Crippen molar-refractivity contribution in [3.8, 4) is 11.5 Å². The summed E-state index contributed by atoms with van der Waals surface area (Å²) in [6.45, 7) is 4.20. The number of H-pyrrole nitrogens is 1. The summed E-state index contributed by atoms with van der Waals surface area (Å²) in [5.74, 6) is 2.55. The van der Waals surface area contributed by atoms with E-state index in [4.69, 9.17) is 9.47 Å². The molecular formula is C27H30N2O2. The fourth-order valence-electron chi connectivity index (χ4n) is 4.77. The standard InChI is InChI=1S/C27H30N2O2/c1-30-24-9-8-22-18-21(6-7-23(22)19-24)20-11-15-29(16-12-20)14-3-17-31-27-5-2-4-26-25(27)10-13-28-26/h2,4-10,13,18-20,28H,3,11-12,14-17H2,1H3. The number of likely N-dealkylation sites (tertiary alicyclic amines) is 1. The molecule has 1 fully saturated rings. The first-order valence-corrected chi connectivity index (χ1v) is 11.3.